The number of amides is 1. The van der Waals surface area contributed by atoms with Crippen molar-refractivity contribution in [3.05, 3.63) is 52.1 Å². The van der Waals surface area contributed by atoms with Gasteiger partial charge in [-0.15, -0.1) is 11.3 Å². The third-order valence-corrected chi connectivity index (χ3v) is 4.45. The molecule has 0 aliphatic carbocycles. The molecule has 3 rings (SSSR count). The number of benzene rings is 1. The third kappa shape index (κ3) is 2.68. The van der Waals surface area contributed by atoms with Gasteiger partial charge in [-0.2, -0.15) is 10.2 Å². The highest BCUT2D eigenvalue weighted by Crippen LogP contribution is 2.37. The molecule has 0 bridgehead atoms. The lowest BCUT2D eigenvalue weighted by Gasteiger charge is -2.03. The molecule has 0 fully saturated rings. The fourth-order valence-electron chi connectivity index (χ4n) is 1.98. The summed E-state index contributed by atoms with van der Waals surface area (Å²) in [5.41, 5.74) is 7.14. The quantitative estimate of drug-likeness (QED) is 0.778. The molecule has 1 aromatic carbocycles. The Labute approximate surface area is 129 Å². The van der Waals surface area contributed by atoms with Crippen molar-refractivity contribution in [2.45, 2.75) is 6.54 Å². The molecule has 2 aromatic heterocycles. The summed E-state index contributed by atoms with van der Waals surface area (Å²) < 4.78 is 0.893. The van der Waals surface area contributed by atoms with Gasteiger partial charge in [0.2, 0.25) is 0 Å². The maximum atomic E-state index is 12.2. The van der Waals surface area contributed by atoms with E-state index in [1.165, 1.54) is 11.3 Å². The normalized spacial score (nSPS) is 10.7. The molecular weight excluding hydrogens is 308 g/mol. The highest BCUT2D eigenvalue weighted by atomic mass is 35.5. The van der Waals surface area contributed by atoms with Gasteiger partial charge in [0.1, 0.15) is 4.88 Å². The van der Waals surface area contributed by atoms with Gasteiger partial charge in [-0.1, -0.05) is 17.7 Å². The van der Waals surface area contributed by atoms with E-state index in [0.717, 1.165) is 10.1 Å². The zero-order valence-corrected chi connectivity index (χ0v) is 12.4. The van der Waals surface area contributed by atoms with Gasteiger partial charge in [0.05, 0.1) is 22.9 Å². The summed E-state index contributed by atoms with van der Waals surface area (Å²) in [4.78, 5) is 12.7. The summed E-state index contributed by atoms with van der Waals surface area (Å²) >= 11 is 7.45. The van der Waals surface area contributed by atoms with Crippen molar-refractivity contribution in [1.29, 1.82) is 0 Å². The van der Waals surface area contributed by atoms with Gasteiger partial charge >= 0.3 is 0 Å². The van der Waals surface area contributed by atoms with Crippen LogP contribution in [0.1, 0.15) is 15.4 Å². The maximum Gasteiger partial charge on any atom is 0.263 e. The average Bonchev–Trinajstić information content (AvgIpc) is 2.84. The van der Waals surface area contributed by atoms with Crippen LogP contribution in [0.15, 0.2) is 36.5 Å². The molecule has 0 saturated carbocycles. The van der Waals surface area contributed by atoms with E-state index in [1.807, 2.05) is 12.1 Å². The first kappa shape index (κ1) is 13.8. The number of fused-ring (bicyclic) bond motifs is 1. The largest absolute Gasteiger partial charge is 0.397 e. The molecule has 3 N–H and O–H groups in total. The molecule has 5 nitrogen and oxygen atoms in total. The van der Waals surface area contributed by atoms with Gasteiger partial charge in [0.25, 0.3) is 5.91 Å². The number of carbonyl (C=O) groups is 1. The second-order valence-electron chi connectivity index (χ2n) is 4.36. The molecule has 0 unspecified atom stereocenters. The molecule has 21 heavy (non-hydrogen) atoms. The minimum absolute atomic E-state index is 0.240. The number of rotatable bonds is 3. The van der Waals surface area contributed by atoms with Crippen LogP contribution >= 0.6 is 22.9 Å². The minimum Gasteiger partial charge on any atom is -0.397 e. The van der Waals surface area contributed by atoms with Crippen molar-refractivity contribution in [3.8, 4) is 0 Å². The van der Waals surface area contributed by atoms with Gasteiger partial charge in [-0.25, -0.2) is 0 Å². The molecule has 2 heterocycles. The first-order valence-corrected chi connectivity index (χ1v) is 7.37. The number of nitrogens with one attached hydrogen (secondary N) is 1. The Morgan fingerprint density at radius 1 is 1.33 bits per heavy atom. The smallest absolute Gasteiger partial charge is 0.263 e. The van der Waals surface area contributed by atoms with E-state index in [1.54, 1.807) is 24.4 Å². The Hall–Kier alpha value is -2.18. The summed E-state index contributed by atoms with van der Waals surface area (Å²) in [5, 5.41) is 11.7. The topological polar surface area (TPSA) is 80.9 Å². The van der Waals surface area contributed by atoms with Crippen molar-refractivity contribution in [2.24, 2.45) is 0 Å². The van der Waals surface area contributed by atoms with Crippen LogP contribution in [0.4, 0.5) is 5.69 Å². The van der Waals surface area contributed by atoms with Crippen molar-refractivity contribution < 1.29 is 4.79 Å². The minimum atomic E-state index is -0.240. The fraction of sp³-hybridized carbons (Fsp3) is 0.0714. The summed E-state index contributed by atoms with van der Waals surface area (Å²) in [6.45, 7) is 0.300. The number of anilines is 1. The van der Waals surface area contributed by atoms with Crippen LogP contribution in [0.5, 0.6) is 0 Å². The predicted octanol–water partition coefficient (Wildman–Crippen LogP) is 2.86. The highest BCUT2D eigenvalue weighted by Gasteiger charge is 2.17. The van der Waals surface area contributed by atoms with E-state index in [9.17, 15) is 4.79 Å². The van der Waals surface area contributed by atoms with Crippen LogP contribution in [-0.2, 0) is 6.54 Å². The third-order valence-electron chi connectivity index (χ3n) is 2.97. The number of hydrogen-bond acceptors (Lipinski definition) is 5. The summed E-state index contributed by atoms with van der Waals surface area (Å²) in [6, 6.07) is 9.04. The van der Waals surface area contributed by atoms with Crippen LogP contribution in [0.25, 0.3) is 10.1 Å². The molecular formula is C14H11ClN4OS. The van der Waals surface area contributed by atoms with E-state index in [2.05, 4.69) is 15.5 Å². The standard InChI is InChI=1S/C14H11ClN4OS/c15-9-4-1-5-10-11(9)12(16)13(21-10)14(20)17-7-8-3-2-6-18-19-8/h1-6H,7,16H2,(H,17,20). The Balaban J connectivity index is 1.85. The van der Waals surface area contributed by atoms with Crippen molar-refractivity contribution in [1.82, 2.24) is 15.5 Å². The summed E-state index contributed by atoms with van der Waals surface area (Å²) in [6.07, 6.45) is 1.58. The first-order chi connectivity index (χ1) is 10.2. The lowest BCUT2D eigenvalue weighted by molar-refractivity contribution is 0.0955. The zero-order chi connectivity index (χ0) is 14.8. The molecule has 0 saturated heterocycles. The van der Waals surface area contributed by atoms with Gasteiger partial charge in [0.15, 0.2) is 0 Å². The van der Waals surface area contributed by atoms with E-state index in [4.69, 9.17) is 17.3 Å². The molecule has 3 aromatic rings. The van der Waals surface area contributed by atoms with Gasteiger partial charge < -0.3 is 11.1 Å². The number of nitrogen functional groups attached to an aromatic ring is 1. The van der Waals surface area contributed by atoms with Crippen LogP contribution in [-0.4, -0.2) is 16.1 Å². The van der Waals surface area contributed by atoms with E-state index < -0.39 is 0 Å². The molecule has 0 aliphatic heterocycles. The Morgan fingerprint density at radius 2 is 2.19 bits per heavy atom. The van der Waals surface area contributed by atoms with Gasteiger partial charge in [-0.3, -0.25) is 4.79 Å². The fourth-order valence-corrected chi connectivity index (χ4v) is 3.37. The van der Waals surface area contributed by atoms with E-state index in [0.29, 0.717) is 27.8 Å². The second-order valence-corrected chi connectivity index (χ2v) is 5.81. The number of carbonyl (C=O) groups excluding carboxylic acids is 1. The Bertz CT molecular complexity index is 803. The Morgan fingerprint density at radius 3 is 2.90 bits per heavy atom. The molecule has 0 atom stereocenters. The van der Waals surface area contributed by atoms with Crippen LogP contribution in [0.2, 0.25) is 5.02 Å². The van der Waals surface area contributed by atoms with Crippen molar-refractivity contribution in [3.63, 3.8) is 0 Å². The Kier molecular flexibility index (Phi) is 3.72. The number of thiophene rings is 1. The van der Waals surface area contributed by atoms with Crippen LogP contribution in [0.3, 0.4) is 0 Å². The molecule has 0 aliphatic rings. The molecule has 1 amide bonds. The second kappa shape index (κ2) is 5.67. The average molecular weight is 319 g/mol. The SMILES string of the molecule is Nc1c(C(=O)NCc2cccnn2)sc2cccc(Cl)c12. The molecule has 106 valence electrons. The molecule has 0 spiro atoms. The van der Waals surface area contributed by atoms with E-state index in [-0.39, 0.29) is 5.91 Å². The lowest BCUT2D eigenvalue weighted by atomic mass is 10.2. The highest BCUT2D eigenvalue weighted by molar-refractivity contribution is 7.21. The van der Waals surface area contributed by atoms with Gasteiger partial charge in [0, 0.05) is 16.3 Å². The molecule has 0 radical (unpaired) electrons. The predicted molar refractivity (Wildman–Crippen MR) is 84.4 cm³/mol. The van der Waals surface area contributed by atoms with Crippen molar-refractivity contribution >= 4 is 44.6 Å². The summed E-state index contributed by atoms with van der Waals surface area (Å²) in [7, 11) is 0. The van der Waals surface area contributed by atoms with Crippen LogP contribution in [0, 0.1) is 0 Å². The number of nitrogens with zero attached hydrogens (tertiary/aromatic N) is 2. The zero-order valence-electron chi connectivity index (χ0n) is 10.8. The van der Waals surface area contributed by atoms with Crippen LogP contribution < -0.4 is 11.1 Å². The lowest BCUT2D eigenvalue weighted by Crippen LogP contribution is -2.23. The maximum absolute atomic E-state index is 12.2. The summed E-state index contributed by atoms with van der Waals surface area (Å²) in [5.74, 6) is -0.240. The monoisotopic (exact) mass is 318 g/mol. The van der Waals surface area contributed by atoms with Gasteiger partial charge in [-0.05, 0) is 24.3 Å². The van der Waals surface area contributed by atoms with E-state index >= 15 is 0 Å². The van der Waals surface area contributed by atoms with Crippen molar-refractivity contribution in [2.75, 3.05) is 5.73 Å². The number of halogens is 1. The number of nitrogens with two attached hydrogens (primary N) is 1. The number of hydrogen-bond donors (Lipinski definition) is 2. The number of aromatic nitrogens is 2. The molecule has 7 heteroatoms. The first-order valence-electron chi connectivity index (χ1n) is 6.18.